The average molecular weight is 399 g/mol. The molecule has 0 aliphatic heterocycles. The number of anilines is 1. The Morgan fingerprint density at radius 3 is 1.96 bits per heavy atom. The van der Waals surface area contributed by atoms with Crippen LogP contribution in [0.15, 0.2) is 24.3 Å². The first-order valence-corrected chi connectivity index (χ1v) is 7.10. The Labute approximate surface area is 146 Å². The van der Waals surface area contributed by atoms with Crippen molar-refractivity contribution in [1.29, 1.82) is 0 Å². The molecule has 0 spiro atoms. The first-order valence-electron chi connectivity index (χ1n) is 7.10. The largest absolute Gasteiger partial charge is 0.482 e. The molecule has 0 aromatic heterocycles. The number of hydrogen-bond acceptors (Lipinski definition) is 2. The van der Waals surface area contributed by atoms with Gasteiger partial charge in [0.15, 0.2) is 29.9 Å². The molecule has 0 atom stereocenters. The molecular formula is C16H9F8NO2. The lowest BCUT2D eigenvalue weighted by Gasteiger charge is -2.14. The molecule has 0 saturated heterocycles. The molecule has 0 fully saturated rings. The van der Waals surface area contributed by atoms with E-state index in [-0.39, 0.29) is 5.69 Å². The number of amides is 1. The topological polar surface area (TPSA) is 38.3 Å². The van der Waals surface area contributed by atoms with Crippen LogP contribution >= 0.6 is 0 Å². The van der Waals surface area contributed by atoms with Crippen LogP contribution in [0.5, 0.6) is 5.75 Å². The highest BCUT2D eigenvalue weighted by molar-refractivity contribution is 5.93. The van der Waals surface area contributed by atoms with Crippen molar-refractivity contribution in [2.75, 3.05) is 11.9 Å². The summed E-state index contributed by atoms with van der Waals surface area (Å²) in [7, 11) is 0. The van der Waals surface area contributed by atoms with Crippen LogP contribution in [-0.4, -0.2) is 18.7 Å². The van der Waals surface area contributed by atoms with E-state index < -0.39 is 65.5 Å². The first kappa shape index (κ1) is 20.5. The zero-order valence-corrected chi connectivity index (χ0v) is 13.1. The number of rotatable bonds is 5. The minimum atomic E-state index is -4.66. The fourth-order valence-electron chi connectivity index (χ4n) is 2.02. The highest BCUT2D eigenvalue weighted by Crippen LogP contribution is 2.27. The predicted octanol–water partition coefficient (Wildman–Crippen LogP) is 4.50. The minimum absolute atomic E-state index is 0.282. The van der Waals surface area contributed by atoms with Gasteiger partial charge >= 0.3 is 6.18 Å². The van der Waals surface area contributed by atoms with E-state index >= 15 is 0 Å². The van der Waals surface area contributed by atoms with Crippen LogP contribution in [0.4, 0.5) is 40.8 Å². The van der Waals surface area contributed by atoms with Crippen molar-refractivity contribution < 1.29 is 44.7 Å². The third-order valence-electron chi connectivity index (χ3n) is 3.19. The van der Waals surface area contributed by atoms with Gasteiger partial charge in [0.1, 0.15) is 5.75 Å². The highest BCUT2D eigenvalue weighted by Gasteiger charge is 2.29. The fraction of sp³-hybridized carbons (Fsp3) is 0.188. The number of benzene rings is 2. The van der Waals surface area contributed by atoms with E-state index in [4.69, 9.17) is 0 Å². The molecule has 27 heavy (non-hydrogen) atoms. The average Bonchev–Trinajstić information content (AvgIpc) is 2.60. The fourth-order valence-corrected chi connectivity index (χ4v) is 2.02. The molecule has 2 aromatic carbocycles. The molecule has 0 aliphatic rings. The SMILES string of the molecule is O=C(Cc1c(F)c(F)c(F)c(F)c1F)Nc1ccccc1OCC(F)(F)F. The van der Waals surface area contributed by atoms with Gasteiger partial charge in [-0.25, -0.2) is 22.0 Å². The second kappa shape index (κ2) is 7.80. The third-order valence-corrected chi connectivity index (χ3v) is 3.19. The van der Waals surface area contributed by atoms with Crippen LogP contribution in [0, 0.1) is 29.1 Å². The summed E-state index contributed by atoms with van der Waals surface area (Å²) in [6, 6.07) is 4.82. The maximum absolute atomic E-state index is 13.6. The van der Waals surface area contributed by atoms with Crippen molar-refractivity contribution in [3.8, 4) is 5.75 Å². The van der Waals surface area contributed by atoms with Crippen molar-refractivity contribution in [3.05, 3.63) is 58.9 Å². The van der Waals surface area contributed by atoms with Crippen LogP contribution in [0.1, 0.15) is 5.56 Å². The van der Waals surface area contributed by atoms with Gasteiger partial charge in [0, 0.05) is 5.56 Å². The van der Waals surface area contributed by atoms with E-state index in [2.05, 4.69) is 4.74 Å². The van der Waals surface area contributed by atoms with Gasteiger partial charge in [-0.15, -0.1) is 0 Å². The van der Waals surface area contributed by atoms with Crippen LogP contribution in [-0.2, 0) is 11.2 Å². The number of hydrogen-bond donors (Lipinski definition) is 1. The van der Waals surface area contributed by atoms with Crippen LogP contribution in [0.3, 0.4) is 0 Å². The van der Waals surface area contributed by atoms with Gasteiger partial charge in [-0.2, -0.15) is 13.2 Å². The molecule has 0 bridgehead atoms. The van der Waals surface area contributed by atoms with E-state index in [1.165, 1.54) is 12.1 Å². The first-order chi connectivity index (χ1) is 12.5. The second-order valence-corrected chi connectivity index (χ2v) is 5.17. The molecule has 1 amide bonds. The summed E-state index contributed by atoms with van der Waals surface area (Å²) in [5.41, 5.74) is -1.66. The second-order valence-electron chi connectivity index (χ2n) is 5.17. The Bertz CT molecular complexity index is 837. The monoisotopic (exact) mass is 399 g/mol. The summed E-state index contributed by atoms with van der Waals surface area (Å²) in [4.78, 5) is 11.9. The van der Waals surface area contributed by atoms with E-state index in [1.54, 1.807) is 0 Å². The van der Waals surface area contributed by atoms with Crippen LogP contribution in [0.25, 0.3) is 0 Å². The molecule has 3 nitrogen and oxygen atoms in total. The van der Waals surface area contributed by atoms with Gasteiger partial charge in [0.2, 0.25) is 11.7 Å². The number of carbonyl (C=O) groups is 1. The van der Waals surface area contributed by atoms with E-state index in [9.17, 15) is 39.9 Å². The molecule has 0 saturated carbocycles. The van der Waals surface area contributed by atoms with Crippen LogP contribution in [0.2, 0.25) is 0 Å². The van der Waals surface area contributed by atoms with Crippen molar-refractivity contribution in [3.63, 3.8) is 0 Å². The summed E-state index contributed by atoms with van der Waals surface area (Å²) < 4.78 is 108. The molecule has 2 rings (SSSR count). The van der Waals surface area contributed by atoms with Crippen molar-refractivity contribution in [2.24, 2.45) is 0 Å². The number of halogens is 8. The summed E-state index contributed by atoms with van der Waals surface area (Å²) in [5.74, 6) is -12.8. The summed E-state index contributed by atoms with van der Waals surface area (Å²) in [5, 5.41) is 2.00. The molecule has 146 valence electrons. The Morgan fingerprint density at radius 2 is 1.41 bits per heavy atom. The Balaban J connectivity index is 2.21. The molecule has 1 N–H and O–H groups in total. The van der Waals surface area contributed by atoms with Gasteiger partial charge in [-0.3, -0.25) is 4.79 Å². The maximum Gasteiger partial charge on any atom is 0.422 e. The lowest BCUT2D eigenvalue weighted by Crippen LogP contribution is -2.21. The lowest BCUT2D eigenvalue weighted by molar-refractivity contribution is -0.153. The Kier molecular flexibility index (Phi) is 5.91. The Morgan fingerprint density at radius 1 is 0.889 bits per heavy atom. The lowest BCUT2D eigenvalue weighted by atomic mass is 10.1. The number of para-hydroxylation sites is 2. The van der Waals surface area contributed by atoms with E-state index in [0.29, 0.717) is 0 Å². The molecule has 2 aromatic rings. The molecular weight excluding hydrogens is 390 g/mol. The number of alkyl halides is 3. The molecule has 0 radical (unpaired) electrons. The third kappa shape index (κ3) is 4.86. The highest BCUT2D eigenvalue weighted by atomic mass is 19.4. The molecule has 0 unspecified atom stereocenters. The van der Waals surface area contributed by atoms with Crippen molar-refractivity contribution in [1.82, 2.24) is 0 Å². The predicted molar refractivity (Wildman–Crippen MR) is 76.6 cm³/mol. The van der Waals surface area contributed by atoms with E-state index in [1.807, 2.05) is 5.32 Å². The molecule has 0 aliphatic carbocycles. The van der Waals surface area contributed by atoms with Gasteiger partial charge in [0.25, 0.3) is 0 Å². The zero-order chi connectivity index (χ0) is 20.4. The maximum atomic E-state index is 13.6. The van der Waals surface area contributed by atoms with E-state index in [0.717, 1.165) is 12.1 Å². The van der Waals surface area contributed by atoms with Crippen LogP contribution < -0.4 is 10.1 Å². The van der Waals surface area contributed by atoms with Crippen molar-refractivity contribution >= 4 is 11.6 Å². The molecule has 0 heterocycles. The number of ether oxygens (including phenoxy) is 1. The standard InChI is InChI=1S/C16H9F8NO2/c17-11-7(12(18)14(20)15(21)13(11)19)5-10(26)25-8-3-1-2-4-9(8)27-6-16(22,23)24/h1-4H,5-6H2,(H,25,26). The molecule has 11 heteroatoms. The van der Waals surface area contributed by atoms with Gasteiger partial charge < -0.3 is 10.1 Å². The normalized spacial score (nSPS) is 11.4. The van der Waals surface area contributed by atoms with Crippen molar-refractivity contribution in [2.45, 2.75) is 12.6 Å². The Hall–Kier alpha value is -2.85. The van der Waals surface area contributed by atoms with Gasteiger partial charge in [0.05, 0.1) is 12.1 Å². The minimum Gasteiger partial charge on any atom is -0.482 e. The number of carbonyl (C=O) groups excluding carboxylic acids is 1. The zero-order valence-electron chi connectivity index (χ0n) is 13.1. The van der Waals surface area contributed by atoms with Gasteiger partial charge in [-0.1, -0.05) is 12.1 Å². The summed E-state index contributed by atoms with van der Waals surface area (Å²) in [6.45, 7) is -1.67. The number of nitrogens with one attached hydrogen (secondary N) is 1. The summed E-state index contributed by atoms with van der Waals surface area (Å²) in [6.07, 6.45) is -5.91. The smallest absolute Gasteiger partial charge is 0.422 e. The quantitative estimate of drug-likeness (QED) is 0.457. The summed E-state index contributed by atoms with van der Waals surface area (Å²) >= 11 is 0. The van der Waals surface area contributed by atoms with Gasteiger partial charge in [-0.05, 0) is 12.1 Å².